The zero-order valence-electron chi connectivity index (χ0n) is 8.27. The molecular formula is C9H11BN2O3. The topological polar surface area (TPSA) is 72.8 Å². The fourth-order valence-corrected chi connectivity index (χ4v) is 1.62. The molecule has 0 bridgehead atoms. The second-order valence-corrected chi connectivity index (χ2v) is 3.55. The van der Waals surface area contributed by atoms with E-state index in [0.29, 0.717) is 11.2 Å². The Morgan fingerprint density at radius 1 is 1.47 bits per heavy atom. The predicted octanol–water partition coefficient (Wildman–Crippen LogP) is -1.25. The third-order valence-corrected chi connectivity index (χ3v) is 2.39. The van der Waals surface area contributed by atoms with Crippen molar-refractivity contribution in [1.82, 2.24) is 0 Å². The molecule has 0 fully saturated rings. The molecule has 0 atom stereocenters. The van der Waals surface area contributed by atoms with Gasteiger partial charge in [-0.1, -0.05) is 6.07 Å². The minimum absolute atomic E-state index is 0.0673. The minimum atomic E-state index is -1.48. The summed E-state index contributed by atoms with van der Waals surface area (Å²) in [6, 6.07) is 4.89. The van der Waals surface area contributed by atoms with Crippen molar-refractivity contribution in [3.05, 3.63) is 18.2 Å². The number of benzene rings is 1. The van der Waals surface area contributed by atoms with Crippen molar-refractivity contribution in [3.63, 3.8) is 0 Å². The van der Waals surface area contributed by atoms with Gasteiger partial charge in [0, 0.05) is 7.05 Å². The number of fused-ring (bicyclic) bond motifs is 1. The lowest BCUT2D eigenvalue weighted by atomic mass is 9.80. The number of hydrogen-bond acceptors (Lipinski definition) is 4. The summed E-state index contributed by atoms with van der Waals surface area (Å²) < 4.78 is 0. The van der Waals surface area contributed by atoms with Crippen LogP contribution in [-0.4, -0.2) is 36.7 Å². The van der Waals surface area contributed by atoms with Crippen molar-refractivity contribution in [2.75, 3.05) is 23.8 Å². The number of anilines is 2. The SMILES string of the molecule is CN1CC(=O)Nc2ccc(B(O)O)cc21. The number of likely N-dealkylation sites (N-methyl/N-ethyl adjacent to an activating group) is 1. The van der Waals surface area contributed by atoms with Gasteiger partial charge in [0.15, 0.2) is 0 Å². The summed E-state index contributed by atoms with van der Waals surface area (Å²) in [6.07, 6.45) is 0. The van der Waals surface area contributed by atoms with Crippen LogP contribution in [0.15, 0.2) is 18.2 Å². The average Bonchev–Trinajstić information content (AvgIpc) is 2.16. The molecule has 0 aromatic heterocycles. The van der Waals surface area contributed by atoms with Gasteiger partial charge in [-0.3, -0.25) is 4.79 Å². The smallest absolute Gasteiger partial charge is 0.423 e. The summed E-state index contributed by atoms with van der Waals surface area (Å²) in [4.78, 5) is 13.0. The fraction of sp³-hybridized carbons (Fsp3) is 0.222. The third kappa shape index (κ3) is 1.81. The number of nitrogens with one attached hydrogen (secondary N) is 1. The Hall–Kier alpha value is -1.53. The number of hydrogen-bond donors (Lipinski definition) is 3. The lowest BCUT2D eigenvalue weighted by molar-refractivity contribution is -0.115. The maximum absolute atomic E-state index is 11.2. The van der Waals surface area contributed by atoms with Gasteiger partial charge in [0.1, 0.15) is 0 Å². The van der Waals surface area contributed by atoms with Crippen molar-refractivity contribution in [1.29, 1.82) is 0 Å². The van der Waals surface area contributed by atoms with Crippen LogP contribution in [0.25, 0.3) is 0 Å². The van der Waals surface area contributed by atoms with Crippen LogP contribution in [-0.2, 0) is 4.79 Å². The average molecular weight is 206 g/mol. The van der Waals surface area contributed by atoms with E-state index >= 15 is 0 Å². The number of nitrogens with zero attached hydrogens (tertiary/aromatic N) is 1. The van der Waals surface area contributed by atoms with Crippen LogP contribution in [0, 0.1) is 0 Å². The molecule has 2 rings (SSSR count). The molecule has 3 N–H and O–H groups in total. The molecule has 1 aromatic rings. The molecule has 0 radical (unpaired) electrons. The van der Waals surface area contributed by atoms with Gasteiger partial charge in [0.2, 0.25) is 5.91 Å². The molecule has 6 heteroatoms. The summed E-state index contributed by atoms with van der Waals surface area (Å²) >= 11 is 0. The predicted molar refractivity (Wildman–Crippen MR) is 58.2 cm³/mol. The normalized spacial score (nSPS) is 14.6. The van der Waals surface area contributed by atoms with Crippen LogP contribution in [0.3, 0.4) is 0 Å². The summed E-state index contributed by atoms with van der Waals surface area (Å²) in [6.45, 7) is 0.276. The van der Waals surface area contributed by atoms with E-state index in [2.05, 4.69) is 5.32 Å². The van der Waals surface area contributed by atoms with E-state index in [-0.39, 0.29) is 12.5 Å². The third-order valence-electron chi connectivity index (χ3n) is 2.39. The molecule has 1 aliphatic heterocycles. The molecule has 0 spiro atoms. The van der Waals surface area contributed by atoms with Gasteiger partial charge < -0.3 is 20.3 Å². The molecule has 0 unspecified atom stereocenters. The summed E-state index contributed by atoms with van der Waals surface area (Å²) in [7, 11) is 0.298. The second kappa shape index (κ2) is 3.56. The van der Waals surface area contributed by atoms with E-state index in [0.717, 1.165) is 5.69 Å². The first-order chi connectivity index (χ1) is 7.08. The Kier molecular flexibility index (Phi) is 2.38. The van der Waals surface area contributed by atoms with Crippen LogP contribution in [0.1, 0.15) is 0 Å². The zero-order chi connectivity index (χ0) is 11.0. The van der Waals surface area contributed by atoms with Crippen molar-refractivity contribution in [2.24, 2.45) is 0 Å². The maximum atomic E-state index is 11.2. The molecule has 0 aliphatic carbocycles. The first-order valence-corrected chi connectivity index (χ1v) is 4.59. The highest BCUT2D eigenvalue weighted by molar-refractivity contribution is 6.58. The van der Waals surface area contributed by atoms with Gasteiger partial charge in [-0.25, -0.2) is 0 Å². The molecule has 5 nitrogen and oxygen atoms in total. The van der Waals surface area contributed by atoms with Crippen molar-refractivity contribution >= 4 is 29.9 Å². The van der Waals surface area contributed by atoms with E-state index < -0.39 is 7.12 Å². The molecule has 1 amide bonds. The first-order valence-electron chi connectivity index (χ1n) is 4.59. The summed E-state index contributed by atoms with van der Waals surface area (Å²) in [5, 5.41) is 20.7. The van der Waals surface area contributed by atoms with Crippen LogP contribution in [0.4, 0.5) is 11.4 Å². The van der Waals surface area contributed by atoms with E-state index in [4.69, 9.17) is 10.0 Å². The monoisotopic (exact) mass is 206 g/mol. The largest absolute Gasteiger partial charge is 0.488 e. The molecule has 0 saturated heterocycles. The van der Waals surface area contributed by atoms with Gasteiger partial charge in [0.25, 0.3) is 0 Å². The Labute approximate surface area is 87.5 Å². The van der Waals surface area contributed by atoms with Crippen LogP contribution < -0.4 is 15.7 Å². The van der Waals surface area contributed by atoms with E-state index in [1.165, 1.54) is 0 Å². The van der Waals surface area contributed by atoms with Crippen molar-refractivity contribution in [3.8, 4) is 0 Å². The quantitative estimate of drug-likeness (QED) is 0.502. The Morgan fingerprint density at radius 3 is 2.87 bits per heavy atom. The Morgan fingerprint density at radius 2 is 2.20 bits per heavy atom. The highest BCUT2D eigenvalue weighted by Gasteiger charge is 2.21. The van der Waals surface area contributed by atoms with E-state index in [1.54, 1.807) is 30.1 Å². The Balaban J connectivity index is 2.43. The fourth-order valence-electron chi connectivity index (χ4n) is 1.62. The molecule has 1 heterocycles. The second-order valence-electron chi connectivity index (χ2n) is 3.55. The lowest BCUT2D eigenvalue weighted by Crippen LogP contribution is -2.37. The van der Waals surface area contributed by atoms with Crippen molar-refractivity contribution < 1.29 is 14.8 Å². The van der Waals surface area contributed by atoms with E-state index in [1.807, 2.05) is 0 Å². The van der Waals surface area contributed by atoms with E-state index in [9.17, 15) is 4.79 Å². The molecule has 1 aliphatic rings. The number of amides is 1. The summed E-state index contributed by atoms with van der Waals surface area (Å²) in [5.41, 5.74) is 1.90. The molecule has 1 aromatic carbocycles. The standard InChI is InChI=1S/C9H11BN2O3/c1-12-5-9(13)11-7-3-2-6(10(14)15)4-8(7)12/h2-4,14-15H,5H2,1H3,(H,11,13). The zero-order valence-corrected chi connectivity index (χ0v) is 8.27. The summed E-state index contributed by atoms with van der Waals surface area (Å²) in [5.74, 6) is -0.0673. The highest BCUT2D eigenvalue weighted by Crippen LogP contribution is 2.26. The number of carbonyl (C=O) groups excluding carboxylic acids is 1. The molecular weight excluding hydrogens is 195 g/mol. The van der Waals surface area contributed by atoms with Gasteiger partial charge in [-0.15, -0.1) is 0 Å². The van der Waals surface area contributed by atoms with Crippen LogP contribution >= 0.6 is 0 Å². The highest BCUT2D eigenvalue weighted by atomic mass is 16.4. The van der Waals surface area contributed by atoms with Gasteiger partial charge in [-0.2, -0.15) is 0 Å². The maximum Gasteiger partial charge on any atom is 0.488 e. The lowest BCUT2D eigenvalue weighted by Gasteiger charge is -2.27. The molecule has 0 saturated carbocycles. The van der Waals surface area contributed by atoms with Gasteiger partial charge in [-0.05, 0) is 17.6 Å². The molecule has 78 valence electrons. The number of carbonyl (C=O) groups is 1. The van der Waals surface area contributed by atoms with Gasteiger partial charge in [0.05, 0.1) is 17.9 Å². The van der Waals surface area contributed by atoms with Crippen LogP contribution in [0.5, 0.6) is 0 Å². The minimum Gasteiger partial charge on any atom is -0.423 e. The van der Waals surface area contributed by atoms with Crippen LogP contribution in [0.2, 0.25) is 0 Å². The van der Waals surface area contributed by atoms with Gasteiger partial charge >= 0.3 is 7.12 Å². The first kappa shape index (κ1) is 10.0. The Bertz CT molecular complexity index is 408. The number of rotatable bonds is 1. The van der Waals surface area contributed by atoms with Crippen molar-refractivity contribution in [2.45, 2.75) is 0 Å². The molecule has 15 heavy (non-hydrogen) atoms.